The summed E-state index contributed by atoms with van der Waals surface area (Å²) in [5, 5.41) is 9.88. The Kier molecular flexibility index (Phi) is 6.01. The van der Waals surface area contributed by atoms with Crippen LogP contribution in [-0.4, -0.2) is 37.4 Å². The Morgan fingerprint density at radius 1 is 1.20 bits per heavy atom. The molecule has 4 aromatic heterocycles. The van der Waals surface area contributed by atoms with Crippen molar-refractivity contribution in [3.05, 3.63) is 59.9 Å². The van der Waals surface area contributed by atoms with E-state index in [9.17, 15) is 4.79 Å². The maximum absolute atomic E-state index is 12.7. The van der Waals surface area contributed by atoms with E-state index in [2.05, 4.69) is 36.2 Å². The third-order valence-electron chi connectivity index (χ3n) is 4.92. The van der Waals surface area contributed by atoms with Gasteiger partial charge in [0.2, 0.25) is 0 Å². The number of pyridine rings is 1. The lowest BCUT2D eigenvalue weighted by molar-refractivity contribution is 0.0976. The molecular weight excluding hydrogens is 394 g/mol. The van der Waals surface area contributed by atoms with Crippen molar-refractivity contribution in [2.24, 2.45) is 0 Å². The summed E-state index contributed by atoms with van der Waals surface area (Å²) >= 11 is 1.65. The molecule has 30 heavy (non-hydrogen) atoms. The Labute approximate surface area is 180 Å². The minimum Gasteiger partial charge on any atom is -0.312 e. The minimum absolute atomic E-state index is 0.125. The van der Waals surface area contributed by atoms with Crippen LogP contribution in [0, 0.1) is 0 Å². The summed E-state index contributed by atoms with van der Waals surface area (Å²) in [6.45, 7) is 6.34. The zero-order valence-electron chi connectivity index (χ0n) is 17.4. The topological polar surface area (TPSA) is 72.2 Å². The largest absolute Gasteiger partial charge is 0.312 e. The van der Waals surface area contributed by atoms with Gasteiger partial charge < -0.3 is 5.32 Å². The summed E-state index contributed by atoms with van der Waals surface area (Å²) in [6.07, 6.45) is 6.65. The second kappa shape index (κ2) is 8.85. The first-order valence-corrected chi connectivity index (χ1v) is 11.0. The fourth-order valence-electron chi connectivity index (χ4n) is 3.51. The molecule has 0 bridgehead atoms. The molecule has 0 aliphatic rings. The van der Waals surface area contributed by atoms with Crippen LogP contribution in [0.1, 0.15) is 44.0 Å². The van der Waals surface area contributed by atoms with E-state index in [-0.39, 0.29) is 5.78 Å². The van der Waals surface area contributed by atoms with E-state index in [1.165, 1.54) is 0 Å². The average molecular weight is 420 g/mol. The lowest BCUT2D eigenvalue weighted by Crippen LogP contribution is -2.32. The molecule has 1 N–H and O–H groups in total. The molecule has 4 heterocycles. The smallest absolute Gasteiger partial charge is 0.165 e. The molecule has 0 unspecified atom stereocenters. The number of nitrogens with zero attached hydrogens (tertiary/aromatic N) is 4. The Morgan fingerprint density at radius 3 is 2.83 bits per heavy atom. The number of hydrogen-bond acceptors (Lipinski definition) is 6. The molecule has 0 aliphatic carbocycles. The van der Waals surface area contributed by atoms with E-state index < -0.39 is 0 Å². The molecule has 0 aromatic carbocycles. The molecule has 0 spiro atoms. The summed E-state index contributed by atoms with van der Waals surface area (Å²) in [5.41, 5.74) is 3.83. The van der Waals surface area contributed by atoms with Crippen molar-refractivity contribution in [1.82, 2.24) is 24.9 Å². The van der Waals surface area contributed by atoms with Crippen molar-refractivity contribution in [2.45, 2.75) is 45.7 Å². The van der Waals surface area contributed by atoms with Gasteiger partial charge in [-0.25, -0.2) is 9.50 Å². The summed E-state index contributed by atoms with van der Waals surface area (Å²) in [6, 6.07) is 10.3. The highest BCUT2D eigenvalue weighted by Gasteiger charge is 2.15. The van der Waals surface area contributed by atoms with Gasteiger partial charge in [0.25, 0.3) is 0 Å². The number of ketones is 1. The van der Waals surface area contributed by atoms with Crippen molar-refractivity contribution < 1.29 is 4.79 Å². The lowest BCUT2D eigenvalue weighted by Gasteiger charge is -2.16. The van der Waals surface area contributed by atoms with Crippen molar-refractivity contribution in [2.75, 3.05) is 0 Å². The molecule has 0 radical (unpaired) electrons. The van der Waals surface area contributed by atoms with Gasteiger partial charge in [-0.15, -0.1) is 11.3 Å². The molecule has 0 aliphatic heterocycles. The Morgan fingerprint density at radius 2 is 2.07 bits per heavy atom. The highest BCUT2D eigenvalue weighted by molar-refractivity contribution is 7.13. The summed E-state index contributed by atoms with van der Waals surface area (Å²) in [7, 11) is 0. The lowest BCUT2D eigenvalue weighted by atomic mass is 10.0. The number of carbonyl (C=O) groups excluding carboxylic acids is 1. The number of rotatable bonds is 8. The highest BCUT2D eigenvalue weighted by atomic mass is 32.1. The molecule has 154 valence electrons. The van der Waals surface area contributed by atoms with Crippen molar-refractivity contribution in [3.8, 4) is 21.8 Å². The van der Waals surface area contributed by atoms with Gasteiger partial charge in [0.05, 0.1) is 28.0 Å². The minimum atomic E-state index is 0.125. The van der Waals surface area contributed by atoms with Crippen LogP contribution in [0.15, 0.2) is 54.3 Å². The monoisotopic (exact) mass is 419 g/mol. The number of nitrogens with one attached hydrogen (secondary N) is 1. The maximum atomic E-state index is 12.7. The number of aromatic nitrogens is 4. The van der Waals surface area contributed by atoms with Gasteiger partial charge in [-0.2, -0.15) is 5.10 Å². The van der Waals surface area contributed by atoms with Crippen LogP contribution in [0.3, 0.4) is 0 Å². The average Bonchev–Trinajstić information content (AvgIpc) is 3.41. The SMILES string of the molecule is CC(C)N[C@@H](C)CCC(=O)c1ccnc(-c2cnn3ccc(-c4cccs4)nc23)c1. The van der Waals surface area contributed by atoms with Crippen molar-refractivity contribution in [1.29, 1.82) is 0 Å². The molecule has 0 saturated heterocycles. The van der Waals surface area contributed by atoms with Crippen LogP contribution in [0.4, 0.5) is 0 Å². The summed E-state index contributed by atoms with van der Waals surface area (Å²) in [4.78, 5) is 23.1. The standard InChI is InChI=1S/C23H25N5OS/c1-15(2)26-16(3)6-7-21(29)17-8-10-24-20(13-17)18-14-25-28-11-9-19(27-23(18)28)22-5-4-12-30-22/h4-5,8-16,26H,6-7H2,1-3H3/t16-/m0/s1. The number of fused-ring (bicyclic) bond motifs is 1. The number of thiophene rings is 1. The zero-order valence-corrected chi connectivity index (χ0v) is 18.2. The van der Waals surface area contributed by atoms with Crippen LogP contribution in [0.5, 0.6) is 0 Å². The Bertz CT molecular complexity index is 1150. The van der Waals surface area contributed by atoms with Crippen LogP contribution in [0.25, 0.3) is 27.5 Å². The quantitative estimate of drug-likeness (QED) is 0.413. The van der Waals surface area contributed by atoms with Crippen molar-refractivity contribution in [3.63, 3.8) is 0 Å². The molecular formula is C23H25N5OS. The second-order valence-electron chi connectivity index (χ2n) is 7.73. The van der Waals surface area contributed by atoms with Gasteiger partial charge >= 0.3 is 0 Å². The second-order valence-corrected chi connectivity index (χ2v) is 8.68. The van der Waals surface area contributed by atoms with E-state index in [0.717, 1.165) is 28.2 Å². The molecule has 6 nitrogen and oxygen atoms in total. The van der Waals surface area contributed by atoms with Gasteiger partial charge in [-0.05, 0) is 43.0 Å². The maximum Gasteiger partial charge on any atom is 0.165 e. The fraction of sp³-hybridized carbons (Fsp3) is 0.304. The van der Waals surface area contributed by atoms with Gasteiger partial charge in [0.1, 0.15) is 0 Å². The van der Waals surface area contributed by atoms with Gasteiger partial charge in [-0.3, -0.25) is 9.78 Å². The molecule has 0 fully saturated rings. The highest BCUT2D eigenvalue weighted by Crippen LogP contribution is 2.27. The number of hydrogen-bond donors (Lipinski definition) is 1. The van der Waals surface area contributed by atoms with E-state index >= 15 is 0 Å². The molecule has 1 atom stereocenters. The number of Topliss-reactive ketones (excluding diaryl/α,β-unsaturated/α-hetero) is 1. The molecule has 4 aromatic rings. The van der Waals surface area contributed by atoms with Gasteiger partial charge in [-0.1, -0.05) is 19.9 Å². The third kappa shape index (κ3) is 4.47. The van der Waals surface area contributed by atoms with E-state index in [0.29, 0.717) is 29.8 Å². The van der Waals surface area contributed by atoms with Gasteiger partial charge in [0, 0.05) is 36.5 Å². The predicted octanol–water partition coefficient (Wildman–Crippen LogP) is 4.87. The normalized spacial score (nSPS) is 12.5. The van der Waals surface area contributed by atoms with Gasteiger partial charge in [0.15, 0.2) is 11.4 Å². The Hall–Kier alpha value is -2.90. The van der Waals surface area contributed by atoms with E-state index in [1.54, 1.807) is 34.3 Å². The first kappa shape index (κ1) is 20.4. The van der Waals surface area contributed by atoms with Crippen LogP contribution in [0.2, 0.25) is 0 Å². The van der Waals surface area contributed by atoms with Crippen LogP contribution >= 0.6 is 11.3 Å². The van der Waals surface area contributed by atoms with Crippen LogP contribution < -0.4 is 5.32 Å². The molecule has 0 amide bonds. The predicted molar refractivity (Wildman–Crippen MR) is 121 cm³/mol. The third-order valence-corrected chi connectivity index (χ3v) is 5.82. The van der Waals surface area contributed by atoms with Crippen molar-refractivity contribution >= 4 is 22.8 Å². The zero-order chi connectivity index (χ0) is 21.1. The number of carbonyl (C=O) groups is 1. The van der Waals surface area contributed by atoms with E-state index in [1.807, 2.05) is 35.8 Å². The molecule has 7 heteroatoms. The summed E-state index contributed by atoms with van der Waals surface area (Å²) < 4.78 is 1.74. The molecule has 4 rings (SSSR count). The first-order chi connectivity index (χ1) is 14.5. The Balaban J connectivity index is 1.58. The molecule has 0 saturated carbocycles. The van der Waals surface area contributed by atoms with E-state index in [4.69, 9.17) is 4.98 Å². The summed E-state index contributed by atoms with van der Waals surface area (Å²) in [5.74, 6) is 0.125. The first-order valence-electron chi connectivity index (χ1n) is 10.1. The fourth-order valence-corrected chi connectivity index (χ4v) is 4.20. The van der Waals surface area contributed by atoms with Crippen LogP contribution in [-0.2, 0) is 0 Å².